The van der Waals surface area contributed by atoms with E-state index in [1.807, 2.05) is 12.1 Å². The van der Waals surface area contributed by atoms with Gasteiger partial charge < -0.3 is 9.32 Å². The number of hydrogen-bond acceptors (Lipinski definition) is 2. The average molecular weight is 564 g/mol. The van der Waals surface area contributed by atoms with Gasteiger partial charge in [-0.2, -0.15) is 0 Å². The van der Waals surface area contributed by atoms with E-state index in [1.165, 1.54) is 33.4 Å². The molecule has 208 valence electrons. The van der Waals surface area contributed by atoms with Crippen LogP contribution in [0.4, 0.5) is 17.1 Å². The van der Waals surface area contributed by atoms with Crippen molar-refractivity contribution in [2.75, 3.05) is 4.90 Å². The molecule has 0 unspecified atom stereocenters. The molecule has 1 aromatic heterocycles. The lowest BCUT2D eigenvalue weighted by Gasteiger charge is -2.25. The molecule has 0 amide bonds. The van der Waals surface area contributed by atoms with E-state index in [0.717, 1.165) is 39.0 Å². The molecule has 0 fully saturated rings. The topological polar surface area (TPSA) is 16.4 Å². The lowest BCUT2D eigenvalue weighted by Crippen LogP contribution is -2.10. The van der Waals surface area contributed by atoms with Gasteiger partial charge in [0.1, 0.15) is 5.58 Å². The van der Waals surface area contributed by atoms with Gasteiger partial charge in [0, 0.05) is 22.1 Å². The van der Waals surface area contributed by atoms with Crippen LogP contribution in [0.2, 0.25) is 0 Å². The Morgan fingerprint density at radius 3 is 1.73 bits per heavy atom. The molecule has 7 aromatic carbocycles. The Balaban J connectivity index is 1.20. The van der Waals surface area contributed by atoms with Crippen molar-refractivity contribution in [1.82, 2.24) is 0 Å². The van der Waals surface area contributed by atoms with Crippen molar-refractivity contribution < 1.29 is 4.42 Å². The first-order valence-corrected chi connectivity index (χ1v) is 14.9. The zero-order chi connectivity index (χ0) is 29.3. The summed E-state index contributed by atoms with van der Waals surface area (Å²) in [4.78, 5) is 2.28. The molecule has 0 radical (unpaired) electrons. The van der Waals surface area contributed by atoms with Crippen LogP contribution < -0.4 is 4.90 Å². The molecule has 0 saturated carbocycles. The number of furan rings is 1. The maximum absolute atomic E-state index is 6.46. The maximum atomic E-state index is 6.46. The Morgan fingerprint density at radius 1 is 0.364 bits per heavy atom. The molecule has 0 N–H and O–H groups in total. The molecule has 1 heterocycles. The quantitative estimate of drug-likeness (QED) is 0.200. The molecule has 2 heteroatoms. The third-order valence-electron chi connectivity index (χ3n) is 8.28. The molecule has 8 aromatic rings. The minimum atomic E-state index is 0.881. The summed E-state index contributed by atoms with van der Waals surface area (Å²) in [5, 5.41) is 2.24. The van der Waals surface area contributed by atoms with Crippen LogP contribution in [0.5, 0.6) is 0 Å². The van der Waals surface area contributed by atoms with Crippen molar-refractivity contribution in [3.63, 3.8) is 0 Å². The fourth-order valence-corrected chi connectivity index (χ4v) is 6.19. The number of anilines is 3. The normalized spacial score (nSPS) is 11.2. The van der Waals surface area contributed by atoms with E-state index in [4.69, 9.17) is 4.42 Å². The fourth-order valence-electron chi connectivity index (χ4n) is 6.19. The second-order valence-corrected chi connectivity index (χ2v) is 11.0. The minimum absolute atomic E-state index is 0.881. The van der Waals surface area contributed by atoms with Gasteiger partial charge in [0.25, 0.3) is 0 Å². The molecular weight excluding hydrogens is 534 g/mol. The third kappa shape index (κ3) is 4.63. The van der Waals surface area contributed by atoms with Gasteiger partial charge in [-0.3, -0.25) is 0 Å². The Kier molecular flexibility index (Phi) is 6.51. The summed E-state index contributed by atoms with van der Waals surface area (Å²) in [6, 6.07) is 62.0. The summed E-state index contributed by atoms with van der Waals surface area (Å²) in [6.07, 6.45) is 0. The molecule has 0 saturated heterocycles. The highest BCUT2D eigenvalue weighted by molar-refractivity contribution is 6.10. The largest absolute Gasteiger partial charge is 0.454 e. The first kappa shape index (κ1) is 25.8. The predicted octanol–water partition coefficient (Wildman–Crippen LogP) is 12.1. The molecule has 8 rings (SSSR count). The summed E-state index contributed by atoms with van der Waals surface area (Å²) in [7, 11) is 0. The van der Waals surface area contributed by atoms with Gasteiger partial charge in [0.2, 0.25) is 0 Å². The third-order valence-corrected chi connectivity index (χ3v) is 8.28. The van der Waals surface area contributed by atoms with Crippen molar-refractivity contribution >= 4 is 39.0 Å². The second kappa shape index (κ2) is 11.1. The minimum Gasteiger partial charge on any atom is -0.454 e. The molecule has 0 aliphatic rings. The van der Waals surface area contributed by atoms with E-state index in [1.54, 1.807) is 0 Å². The maximum Gasteiger partial charge on any atom is 0.159 e. The van der Waals surface area contributed by atoms with E-state index < -0.39 is 0 Å². The Labute approximate surface area is 257 Å². The van der Waals surface area contributed by atoms with Gasteiger partial charge >= 0.3 is 0 Å². The monoisotopic (exact) mass is 563 g/mol. The summed E-state index contributed by atoms with van der Waals surface area (Å²) < 4.78 is 6.46. The molecule has 2 nitrogen and oxygen atoms in total. The van der Waals surface area contributed by atoms with Crippen LogP contribution in [0.15, 0.2) is 180 Å². The van der Waals surface area contributed by atoms with Gasteiger partial charge in [0.05, 0.1) is 5.69 Å². The van der Waals surface area contributed by atoms with Crippen LogP contribution in [-0.2, 0) is 0 Å². The smallest absolute Gasteiger partial charge is 0.159 e. The van der Waals surface area contributed by atoms with E-state index in [0.29, 0.717) is 0 Å². The lowest BCUT2D eigenvalue weighted by atomic mass is 9.92. The van der Waals surface area contributed by atoms with Crippen LogP contribution >= 0.6 is 0 Å². The number of rotatable bonds is 6. The zero-order valence-electron chi connectivity index (χ0n) is 24.1. The van der Waals surface area contributed by atoms with Gasteiger partial charge in [0.15, 0.2) is 5.58 Å². The SMILES string of the molecule is c1ccc(-c2ccccc2-c2cccc(-c3ccc(N(c4ccccc4)c4cccc5c4oc4ccccc45)cc3)c2)cc1. The highest BCUT2D eigenvalue weighted by atomic mass is 16.3. The van der Waals surface area contributed by atoms with Crippen molar-refractivity contribution in [3.05, 3.63) is 176 Å². The number of para-hydroxylation sites is 3. The molecule has 0 bridgehead atoms. The fraction of sp³-hybridized carbons (Fsp3) is 0. The van der Waals surface area contributed by atoms with Crippen LogP contribution in [0.3, 0.4) is 0 Å². The molecular formula is C42H29NO. The summed E-state index contributed by atoms with van der Waals surface area (Å²) in [5.41, 5.74) is 12.2. The number of benzene rings is 7. The van der Waals surface area contributed by atoms with E-state index in [9.17, 15) is 0 Å². The van der Waals surface area contributed by atoms with Crippen LogP contribution in [0, 0.1) is 0 Å². The summed E-state index contributed by atoms with van der Waals surface area (Å²) >= 11 is 0. The van der Waals surface area contributed by atoms with Crippen LogP contribution in [0.25, 0.3) is 55.3 Å². The first-order chi connectivity index (χ1) is 21.8. The number of nitrogens with zero attached hydrogens (tertiary/aromatic N) is 1. The van der Waals surface area contributed by atoms with Crippen molar-refractivity contribution in [3.8, 4) is 33.4 Å². The number of fused-ring (bicyclic) bond motifs is 3. The highest BCUT2D eigenvalue weighted by Gasteiger charge is 2.19. The molecule has 0 aliphatic heterocycles. The Morgan fingerprint density at radius 2 is 0.932 bits per heavy atom. The second-order valence-electron chi connectivity index (χ2n) is 11.0. The van der Waals surface area contributed by atoms with Crippen molar-refractivity contribution in [2.45, 2.75) is 0 Å². The standard InChI is InChI=1S/C42H29NO/c1-3-13-31(14-4-1)36-19-7-8-20-37(36)33-16-11-15-32(29-33)30-25-27-35(28-26-30)43(34-17-5-2-6-18-34)40-23-12-22-39-38-21-9-10-24-41(38)44-42(39)40/h1-29H. The van der Waals surface area contributed by atoms with Gasteiger partial charge in [-0.05, 0) is 75.8 Å². The van der Waals surface area contributed by atoms with Crippen LogP contribution in [0.1, 0.15) is 0 Å². The highest BCUT2D eigenvalue weighted by Crippen LogP contribution is 2.42. The van der Waals surface area contributed by atoms with E-state index in [-0.39, 0.29) is 0 Å². The predicted molar refractivity (Wildman–Crippen MR) is 185 cm³/mol. The summed E-state index contributed by atoms with van der Waals surface area (Å²) in [5.74, 6) is 0. The summed E-state index contributed by atoms with van der Waals surface area (Å²) in [6.45, 7) is 0. The molecule has 44 heavy (non-hydrogen) atoms. The zero-order valence-corrected chi connectivity index (χ0v) is 24.1. The van der Waals surface area contributed by atoms with Gasteiger partial charge in [-0.25, -0.2) is 0 Å². The van der Waals surface area contributed by atoms with E-state index in [2.05, 4.69) is 169 Å². The van der Waals surface area contributed by atoms with Crippen molar-refractivity contribution in [1.29, 1.82) is 0 Å². The van der Waals surface area contributed by atoms with Crippen LogP contribution in [-0.4, -0.2) is 0 Å². The Bertz CT molecular complexity index is 2210. The molecule has 0 atom stereocenters. The molecule has 0 aliphatic carbocycles. The number of hydrogen-bond donors (Lipinski definition) is 0. The lowest BCUT2D eigenvalue weighted by molar-refractivity contribution is 0.669. The molecule has 0 spiro atoms. The Hall–Kier alpha value is -5.86. The van der Waals surface area contributed by atoms with Crippen molar-refractivity contribution in [2.24, 2.45) is 0 Å². The van der Waals surface area contributed by atoms with Gasteiger partial charge in [-0.15, -0.1) is 0 Å². The van der Waals surface area contributed by atoms with E-state index >= 15 is 0 Å². The van der Waals surface area contributed by atoms with Gasteiger partial charge in [-0.1, -0.05) is 133 Å². The first-order valence-electron chi connectivity index (χ1n) is 14.9. The average Bonchev–Trinajstić information content (AvgIpc) is 3.49.